The molecule has 1 aliphatic heterocycles. The van der Waals surface area contributed by atoms with E-state index < -0.39 is 12.0 Å². The predicted octanol–water partition coefficient (Wildman–Crippen LogP) is 0.0600. The number of likely N-dealkylation sites (tertiary alicyclic amines) is 1. The van der Waals surface area contributed by atoms with E-state index in [1.807, 2.05) is 6.92 Å². The molecule has 1 amide bonds. The highest BCUT2D eigenvalue weighted by Gasteiger charge is 2.37. The molecule has 5 nitrogen and oxygen atoms in total. The number of likely N-dealkylation sites (N-methyl/N-ethyl adjacent to an activating group) is 1. The van der Waals surface area contributed by atoms with Gasteiger partial charge in [0.25, 0.3) is 0 Å². The summed E-state index contributed by atoms with van der Waals surface area (Å²) >= 11 is 0. The Morgan fingerprint density at radius 1 is 1.60 bits per heavy atom. The molecule has 2 atom stereocenters. The van der Waals surface area contributed by atoms with E-state index in [0.717, 1.165) is 12.8 Å². The first-order chi connectivity index (χ1) is 7.11. The van der Waals surface area contributed by atoms with Crippen molar-refractivity contribution >= 4 is 11.9 Å². The molecule has 0 aromatic heterocycles. The van der Waals surface area contributed by atoms with Crippen LogP contribution in [0.4, 0.5) is 0 Å². The highest BCUT2D eigenvalue weighted by atomic mass is 16.4. The molecule has 15 heavy (non-hydrogen) atoms. The summed E-state index contributed by atoms with van der Waals surface area (Å²) in [4.78, 5) is 24.3. The zero-order chi connectivity index (χ0) is 11.4. The average molecular weight is 214 g/mol. The van der Waals surface area contributed by atoms with E-state index in [2.05, 4.69) is 5.32 Å². The van der Waals surface area contributed by atoms with E-state index in [1.165, 1.54) is 0 Å². The Hall–Kier alpha value is -1.10. The first-order valence-electron chi connectivity index (χ1n) is 5.32. The highest BCUT2D eigenvalue weighted by Crippen LogP contribution is 2.21. The third-order valence-electron chi connectivity index (χ3n) is 2.92. The number of hydrogen-bond donors (Lipinski definition) is 2. The summed E-state index contributed by atoms with van der Waals surface area (Å²) in [5.41, 5.74) is 0. The second kappa shape index (κ2) is 5.11. The summed E-state index contributed by atoms with van der Waals surface area (Å²) in [6.07, 6.45) is 2.17. The van der Waals surface area contributed by atoms with Gasteiger partial charge in [-0.15, -0.1) is 0 Å². The molecule has 1 fully saturated rings. The second-order valence-electron chi connectivity index (χ2n) is 3.77. The van der Waals surface area contributed by atoms with Gasteiger partial charge in [0.05, 0.1) is 6.04 Å². The Balaban J connectivity index is 2.74. The van der Waals surface area contributed by atoms with Gasteiger partial charge in [0.15, 0.2) is 0 Å². The predicted molar refractivity (Wildman–Crippen MR) is 55.5 cm³/mol. The number of aliphatic carboxylic acids is 1. The van der Waals surface area contributed by atoms with Crippen LogP contribution in [0.1, 0.15) is 26.2 Å². The van der Waals surface area contributed by atoms with Gasteiger partial charge in [-0.05, 0) is 25.8 Å². The minimum Gasteiger partial charge on any atom is -0.480 e. The van der Waals surface area contributed by atoms with Crippen molar-refractivity contribution in [3.63, 3.8) is 0 Å². The number of carbonyl (C=O) groups is 2. The molecule has 0 radical (unpaired) electrons. The Bertz CT molecular complexity index is 255. The Morgan fingerprint density at radius 2 is 2.27 bits per heavy atom. The van der Waals surface area contributed by atoms with Crippen LogP contribution in [0.5, 0.6) is 0 Å². The molecule has 0 bridgehead atoms. The van der Waals surface area contributed by atoms with Crippen LogP contribution in [-0.2, 0) is 9.59 Å². The van der Waals surface area contributed by atoms with Crippen LogP contribution >= 0.6 is 0 Å². The molecule has 2 N–H and O–H groups in total. The first kappa shape index (κ1) is 12.0. The lowest BCUT2D eigenvalue weighted by Crippen LogP contribution is -2.49. The second-order valence-corrected chi connectivity index (χ2v) is 3.77. The van der Waals surface area contributed by atoms with Crippen molar-refractivity contribution in [2.24, 2.45) is 0 Å². The zero-order valence-electron chi connectivity index (χ0n) is 9.19. The lowest BCUT2D eigenvalue weighted by atomic mass is 10.1. The van der Waals surface area contributed by atoms with E-state index in [-0.39, 0.29) is 11.9 Å². The minimum absolute atomic E-state index is 0.0767. The lowest BCUT2D eigenvalue weighted by molar-refractivity contribution is -0.144. The van der Waals surface area contributed by atoms with Crippen molar-refractivity contribution in [1.29, 1.82) is 0 Å². The molecule has 0 spiro atoms. The highest BCUT2D eigenvalue weighted by molar-refractivity contribution is 5.83. The molecule has 1 saturated heterocycles. The topological polar surface area (TPSA) is 69.6 Å². The molecular formula is C10H18N2O3. The summed E-state index contributed by atoms with van der Waals surface area (Å²) in [7, 11) is 1.58. The van der Waals surface area contributed by atoms with Crippen LogP contribution in [0.2, 0.25) is 0 Å². The van der Waals surface area contributed by atoms with Gasteiger partial charge in [-0.2, -0.15) is 0 Å². The molecule has 0 saturated carbocycles. The molecule has 5 heteroatoms. The number of carbonyl (C=O) groups excluding carboxylic acids is 1. The third kappa shape index (κ3) is 2.47. The van der Waals surface area contributed by atoms with Crippen LogP contribution in [0.15, 0.2) is 0 Å². The molecule has 1 heterocycles. The fourth-order valence-electron chi connectivity index (χ4n) is 2.16. The molecule has 0 aliphatic carbocycles. The number of carboxylic acids is 1. The van der Waals surface area contributed by atoms with Crippen molar-refractivity contribution in [3.05, 3.63) is 0 Å². The van der Waals surface area contributed by atoms with E-state index in [9.17, 15) is 9.59 Å². The van der Waals surface area contributed by atoms with Gasteiger partial charge < -0.3 is 10.4 Å². The van der Waals surface area contributed by atoms with E-state index in [0.29, 0.717) is 13.0 Å². The van der Waals surface area contributed by atoms with Crippen molar-refractivity contribution in [1.82, 2.24) is 10.2 Å². The fraction of sp³-hybridized carbons (Fsp3) is 0.800. The summed E-state index contributed by atoms with van der Waals surface area (Å²) in [5.74, 6) is -0.916. The molecule has 1 aliphatic rings. The van der Waals surface area contributed by atoms with Gasteiger partial charge in [-0.1, -0.05) is 6.92 Å². The molecular weight excluding hydrogens is 196 g/mol. The van der Waals surface area contributed by atoms with Gasteiger partial charge in [-0.25, -0.2) is 0 Å². The maximum absolute atomic E-state index is 11.5. The largest absolute Gasteiger partial charge is 0.480 e. The van der Waals surface area contributed by atoms with Gasteiger partial charge in [0, 0.05) is 7.05 Å². The quantitative estimate of drug-likeness (QED) is 0.694. The molecule has 86 valence electrons. The summed E-state index contributed by atoms with van der Waals surface area (Å²) in [5, 5.41) is 11.6. The number of hydrogen-bond acceptors (Lipinski definition) is 3. The van der Waals surface area contributed by atoms with Crippen LogP contribution < -0.4 is 5.32 Å². The summed E-state index contributed by atoms with van der Waals surface area (Å²) in [6.45, 7) is 2.53. The van der Waals surface area contributed by atoms with Crippen molar-refractivity contribution in [2.75, 3.05) is 13.6 Å². The summed E-state index contributed by atoms with van der Waals surface area (Å²) < 4.78 is 0. The molecule has 2 unspecified atom stereocenters. The fourth-order valence-corrected chi connectivity index (χ4v) is 2.16. The standard InChI is InChI=1S/C10H18N2O3/c1-3-7(10(14)15)12-6-4-5-8(12)9(13)11-2/h7-8H,3-6H2,1-2H3,(H,11,13)(H,14,15). The van der Waals surface area contributed by atoms with Gasteiger partial charge in [0.1, 0.15) is 6.04 Å². The van der Waals surface area contributed by atoms with Crippen LogP contribution in [0.3, 0.4) is 0 Å². The van der Waals surface area contributed by atoms with Gasteiger partial charge in [0.2, 0.25) is 5.91 Å². The molecule has 1 rings (SSSR count). The molecule has 0 aromatic carbocycles. The van der Waals surface area contributed by atoms with Crippen LogP contribution in [-0.4, -0.2) is 47.6 Å². The number of nitrogens with zero attached hydrogens (tertiary/aromatic N) is 1. The Kier molecular flexibility index (Phi) is 4.08. The van der Waals surface area contributed by atoms with Crippen molar-refractivity contribution < 1.29 is 14.7 Å². The minimum atomic E-state index is -0.840. The SMILES string of the molecule is CCC(C(=O)O)N1CCCC1C(=O)NC. The number of carboxylic acid groups (broad SMARTS) is 1. The van der Waals surface area contributed by atoms with Crippen LogP contribution in [0, 0.1) is 0 Å². The third-order valence-corrected chi connectivity index (χ3v) is 2.92. The van der Waals surface area contributed by atoms with Gasteiger partial charge in [-0.3, -0.25) is 14.5 Å². The van der Waals surface area contributed by atoms with Crippen molar-refractivity contribution in [2.45, 2.75) is 38.3 Å². The van der Waals surface area contributed by atoms with E-state index in [1.54, 1.807) is 11.9 Å². The smallest absolute Gasteiger partial charge is 0.320 e. The van der Waals surface area contributed by atoms with Gasteiger partial charge >= 0.3 is 5.97 Å². The van der Waals surface area contributed by atoms with Crippen LogP contribution in [0.25, 0.3) is 0 Å². The number of nitrogens with one attached hydrogen (secondary N) is 1. The maximum Gasteiger partial charge on any atom is 0.320 e. The number of amides is 1. The maximum atomic E-state index is 11.5. The van der Waals surface area contributed by atoms with E-state index in [4.69, 9.17) is 5.11 Å². The normalized spacial score (nSPS) is 23.7. The zero-order valence-corrected chi connectivity index (χ0v) is 9.19. The molecule has 0 aromatic rings. The lowest BCUT2D eigenvalue weighted by Gasteiger charge is -2.28. The summed E-state index contributed by atoms with van der Waals surface area (Å²) in [6, 6.07) is -0.800. The monoisotopic (exact) mass is 214 g/mol. The van der Waals surface area contributed by atoms with E-state index >= 15 is 0 Å². The Morgan fingerprint density at radius 3 is 2.73 bits per heavy atom. The Labute approximate surface area is 89.4 Å². The number of rotatable bonds is 4. The van der Waals surface area contributed by atoms with Crippen molar-refractivity contribution in [3.8, 4) is 0 Å². The average Bonchev–Trinajstić information content (AvgIpc) is 2.66. The first-order valence-corrected chi connectivity index (χ1v) is 5.32.